The minimum absolute atomic E-state index is 0.0345. The van der Waals surface area contributed by atoms with Gasteiger partial charge in [0.15, 0.2) is 0 Å². The summed E-state index contributed by atoms with van der Waals surface area (Å²) in [6, 6.07) is 18.6. The first-order valence-electron chi connectivity index (χ1n) is 11.4. The van der Waals surface area contributed by atoms with E-state index < -0.39 is 0 Å². The van der Waals surface area contributed by atoms with Crippen molar-refractivity contribution in [1.29, 1.82) is 0 Å². The second-order valence-electron chi connectivity index (χ2n) is 8.53. The molecule has 5 rings (SSSR count). The van der Waals surface area contributed by atoms with Crippen LogP contribution in [0.4, 0.5) is 5.82 Å². The molecule has 1 aliphatic carbocycles. The van der Waals surface area contributed by atoms with E-state index in [1.54, 1.807) is 40.3 Å². The maximum atomic E-state index is 13.7. The van der Waals surface area contributed by atoms with Crippen LogP contribution in [0.2, 0.25) is 0 Å². The van der Waals surface area contributed by atoms with Crippen LogP contribution in [0.3, 0.4) is 0 Å². The number of carbonyl (C=O) groups excluding carboxylic acids is 1. The number of nitrogens with two attached hydrogens (primary N) is 1. The molecule has 0 unspecified atom stereocenters. The monoisotopic (exact) mass is 467 g/mol. The highest BCUT2D eigenvalue weighted by Crippen LogP contribution is 2.37. The summed E-state index contributed by atoms with van der Waals surface area (Å²) in [7, 11) is 1.75. The Labute approximate surface area is 202 Å². The predicted molar refractivity (Wildman–Crippen MR) is 135 cm³/mol. The van der Waals surface area contributed by atoms with Gasteiger partial charge < -0.3 is 15.4 Å². The first kappa shape index (κ1) is 22.3. The van der Waals surface area contributed by atoms with Crippen LogP contribution in [0.15, 0.2) is 71.7 Å². The van der Waals surface area contributed by atoms with Gasteiger partial charge in [0.1, 0.15) is 22.8 Å². The molecule has 35 heavy (non-hydrogen) atoms. The van der Waals surface area contributed by atoms with Crippen LogP contribution in [0.1, 0.15) is 25.8 Å². The van der Waals surface area contributed by atoms with Gasteiger partial charge in [-0.25, -0.2) is 9.78 Å². The zero-order valence-corrected chi connectivity index (χ0v) is 19.5. The number of nitrogens with zero attached hydrogens (tertiary/aromatic N) is 4. The van der Waals surface area contributed by atoms with E-state index in [0.29, 0.717) is 29.8 Å². The fourth-order valence-corrected chi connectivity index (χ4v) is 4.52. The fraction of sp³-hybridized carbons (Fsp3) is 0.222. The lowest BCUT2D eigenvalue weighted by Gasteiger charge is -2.40. The molecule has 0 atom stereocenters. The molecule has 1 saturated carbocycles. The third-order valence-corrected chi connectivity index (χ3v) is 6.44. The van der Waals surface area contributed by atoms with Crippen LogP contribution in [0.25, 0.3) is 16.7 Å². The standard InChI is InChI=1S/C27H25N5O3/c1-3-7-24(33)30(2)19-16-20(17-19)31-23-14-15-29-26(28)25(23)32(27(31)34)18-10-12-22(13-11-18)35-21-8-5-4-6-9-21/h4-6,8-15,19-20H,16-17H2,1-2H3,(H2,28,29). The summed E-state index contributed by atoms with van der Waals surface area (Å²) in [4.78, 5) is 31.7. The van der Waals surface area contributed by atoms with E-state index in [1.165, 1.54) is 0 Å². The summed E-state index contributed by atoms with van der Waals surface area (Å²) in [5.74, 6) is 6.68. The highest BCUT2D eigenvalue weighted by atomic mass is 16.5. The number of nitrogen functional groups attached to an aromatic ring is 1. The lowest BCUT2D eigenvalue weighted by Crippen LogP contribution is -2.47. The van der Waals surface area contributed by atoms with Crippen molar-refractivity contribution in [3.05, 3.63) is 77.3 Å². The number of imidazole rings is 1. The van der Waals surface area contributed by atoms with Crippen molar-refractivity contribution < 1.29 is 9.53 Å². The van der Waals surface area contributed by atoms with Gasteiger partial charge in [-0.05, 0) is 68.2 Å². The van der Waals surface area contributed by atoms with Gasteiger partial charge in [-0.3, -0.25) is 13.9 Å². The number of rotatable bonds is 5. The zero-order valence-electron chi connectivity index (χ0n) is 19.5. The molecular formula is C27H25N5O3. The molecule has 1 aliphatic rings. The molecule has 0 saturated heterocycles. The number of anilines is 1. The quantitative estimate of drug-likeness (QED) is 0.451. The largest absolute Gasteiger partial charge is 0.457 e. The molecule has 0 radical (unpaired) electrons. The second kappa shape index (κ2) is 9.03. The van der Waals surface area contributed by atoms with Crippen molar-refractivity contribution in [3.8, 4) is 29.0 Å². The molecule has 2 aromatic carbocycles. The third kappa shape index (κ3) is 4.02. The number of hydrogen-bond donors (Lipinski definition) is 1. The summed E-state index contributed by atoms with van der Waals surface area (Å²) in [5.41, 5.74) is 8.00. The van der Waals surface area contributed by atoms with Crippen LogP contribution < -0.4 is 16.2 Å². The number of hydrogen-bond acceptors (Lipinski definition) is 5. The third-order valence-electron chi connectivity index (χ3n) is 6.44. The maximum absolute atomic E-state index is 13.7. The molecule has 2 heterocycles. The molecule has 8 nitrogen and oxygen atoms in total. The summed E-state index contributed by atoms with van der Waals surface area (Å²) < 4.78 is 9.24. The number of fused-ring (bicyclic) bond motifs is 1. The van der Waals surface area contributed by atoms with Crippen molar-refractivity contribution >= 4 is 22.8 Å². The SMILES string of the molecule is CC#CC(=O)N(C)C1CC(n2c(=O)n(-c3ccc(Oc4ccccc4)cc3)c3c(N)nccc32)C1. The van der Waals surface area contributed by atoms with Gasteiger partial charge in [-0.1, -0.05) is 24.1 Å². The van der Waals surface area contributed by atoms with Crippen molar-refractivity contribution in [1.82, 2.24) is 19.0 Å². The first-order valence-corrected chi connectivity index (χ1v) is 11.4. The summed E-state index contributed by atoms with van der Waals surface area (Å²) in [6.45, 7) is 1.64. The molecule has 176 valence electrons. The topological polar surface area (TPSA) is 95.4 Å². The fourth-order valence-electron chi connectivity index (χ4n) is 4.52. The van der Waals surface area contributed by atoms with Gasteiger partial charge in [-0.15, -0.1) is 0 Å². The maximum Gasteiger partial charge on any atom is 0.334 e. The van der Waals surface area contributed by atoms with E-state index >= 15 is 0 Å². The summed E-state index contributed by atoms with van der Waals surface area (Å²) in [6.07, 6.45) is 2.94. The number of ether oxygens (including phenoxy) is 1. The second-order valence-corrected chi connectivity index (χ2v) is 8.53. The van der Waals surface area contributed by atoms with Crippen LogP contribution in [0.5, 0.6) is 11.5 Å². The molecule has 1 amide bonds. The lowest BCUT2D eigenvalue weighted by atomic mass is 9.85. The number of aromatic nitrogens is 3. The number of pyridine rings is 1. The van der Waals surface area contributed by atoms with Gasteiger partial charge in [0.25, 0.3) is 5.91 Å². The van der Waals surface area contributed by atoms with Crippen LogP contribution in [0, 0.1) is 11.8 Å². The molecule has 2 N–H and O–H groups in total. The van der Waals surface area contributed by atoms with Crippen molar-refractivity contribution in [3.63, 3.8) is 0 Å². The minimum Gasteiger partial charge on any atom is -0.457 e. The Kier molecular flexibility index (Phi) is 5.75. The molecule has 8 heteroatoms. The van der Waals surface area contributed by atoms with E-state index in [4.69, 9.17) is 10.5 Å². The van der Waals surface area contributed by atoms with Crippen molar-refractivity contribution in [2.45, 2.75) is 31.8 Å². The van der Waals surface area contributed by atoms with Gasteiger partial charge in [0.05, 0.1) is 11.2 Å². The average molecular weight is 468 g/mol. The first-order chi connectivity index (χ1) is 17.0. The van der Waals surface area contributed by atoms with Gasteiger partial charge in [0, 0.05) is 25.3 Å². The number of benzene rings is 2. The molecule has 4 aromatic rings. The summed E-state index contributed by atoms with van der Waals surface area (Å²) >= 11 is 0. The predicted octanol–water partition coefficient (Wildman–Crippen LogP) is 3.75. The Balaban J connectivity index is 1.48. The van der Waals surface area contributed by atoms with E-state index in [-0.39, 0.29) is 29.5 Å². The average Bonchev–Trinajstić information content (AvgIpc) is 3.12. The van der Waals surface area contributed by atoms with Crippen LogP contribution >= 0.6 is 0 Å². The van der Waals surface area contributed by atoms with E-state index in [1.807, 2.05) is 54.6 Å². The zero-order chi connectivity index (χ0) is 24.5. The normalized spacial score (nSPS) is 16.7. The Morgan fingerprint density at radius 1 is 1.09 bits per heavy atom. The Hall–Kier alpha value is -4.51. The molecule has 1 fully saturated rings. The molecule has 0 aliphatic heterocycles. The Morgan fingerprint density at radius 3 is 2.46 bits per heavy atom. The van der Waals surface area contributed by atoms with Crippen LogP contribution in [-0.4, -0.2) is 38.0 Å². The number of amides is 1. The van der Waals surface area contributed by atoms with Crippen molar-refractivity contribution in [2.75, 3.05) is 12.8 Å². The number of para-hydroxylation sites is 1. The number of carbonyl (C=O) groups is 1. The highest BCUT2D eigenvalue weighted by Gasteiger charge is 2.37. The molecule has 0 bridgehead atoms. The Morgan fingerprint density at radius 2 is 1.77 bits per heavy atom. The highest BCUT2D eigenvalue weighted by molar-refractivity contribution is 5.93. The van der Waals surface area contributed by atoms with Gasteiger partial charge in [-0.2, -0.15) is 0 Å². The van der Waals surface area contributed by atoms with E-state index in [0.717, 1.165) is 11.3 Å². The summed E-state index contributed by atoms with van der Waals surface area (Å²) in [5, 5.41) is 0. The van der Waals surface area contributed by atoms with Gasteiger partial charge in [0.2, 0.25) is 0 Å². The van der Waals surface area contributed by atoms with E-state index in [9.17, 15) is 9.59 Å². The van der Waals surface area contributed by atoms with Crippen molar-refractivity contribution in [2.24, 2.45) is 0 Å². The molecular weight excluding hydrogens is 442 g/mol. The van der Waals surface area contributed by atoms with Crippen LogP contribution in [-0.2, 0) is 4.79 Å². The van der Waals surface area contributed by atoms with E-state index in [2.05, 4.69) is 16.8 Å². The minimum atomic E-state index is -0.211. The Bertz CT molecular complexity index is 1500. The smallest absolute Gasteiger partial charge is 0.334 e. The molecule has 0 spiro atoms. The lowest BCUT2D eigenvalue weighted by molar-refractivity contribution is -0.128. The van der Waals surface area contributed by atoms with Gasteiger partial charge >= 0.3 is 5.69 Å². The molecule has 2 aromatic heterocycles.